The van der Waals surface area contributed by atoms with Crippen LogP contribution >= 0.6 is 0 Å². The first-order valence-electron chi connectivity index (χ1n) is 6.87. The maximum atomic E-state index is 12.4. The van der Waals surface area contributed by atoms with Gasteiger partial charge >= 0.3 is 0 Å². The number of carbonyl (C=O) groups excluding carboxylic acids is 1. The minimum atomic E-state index is -0.391. The first-order chi connectivity index (χ1) is 9.09. The van der Waals surface area contributed by atoms with E-state index in [1.54, 1.807) is 4.90 Å². The van der Waals surface area contributed by atoms with Crippen LogP contribution in [0.5, 0.6) is 0 Å². The average Bonchev–Trinajstić information content (AvgIpc) is 2.46. The standard InChI is InChI=1S/C15H22N2O2/c1-11(14(16)12-6-3-2-4-7-12)15(19)17-9-5-8-13(18)10-17/h2-4,6-7,11,13-14,18H,5,8-10,16H2,1H3/t11?,13-,14?/m0/s1. The fourth-order valence-electron chi connectivity index (χ4n) is 2.56. The molecule has 4 heteroatoms. The Hall–Kier alpha value is -1.39. The van der Waals surface area contributed by atoms with Gasteiger partial charge in [0.15, 0.2) is 0 Å². The Morgan fingerprint density at radius 1 is 1.42 bits per heavy atom. The van der Waals surface area contributed by atoms with Crippen molar-refractivity contribution >= 4 is 5.91 Å². The zero-order valence-electron chi connectivity index (χ0n) is 11.3. The van der Waals surface area contributed by atoms with Crippen molar-refractivity contribution in [2.45, 2.75) is 31.9 Å². The quantitative estimate of drug-likeness (QED) is 0.863. The van der Waals surface area contributed by atoms with Gasteiger partial charge in [-0.1, -0.05) is 37.3 Å². The van der Waals surface area contributed by atoms with E-state index in [1.165, 1.54) is 0 Å². The zero-order valence-corrected chi connectivity index (χ0v) is 11.3. The molecule has 19 heavy (non-hydrogen) atoms. The van der Waals surface area contributed by atoms with Crippen LogP contribution in [0.4, 0.5) is 0 Å². The van der Waals surface area contributed by atoms with Gasteiger partial charge in [0, 0.05) is 19.1 Å². The molecule has 2 rings (SSSR count). The number of hydrogen-bond acceptors (Lipinski definition) is 3. The summed E-state index contributed by atoms with van der Waals surface area (Å²) < 4.78 is 0. The summed E-state index contributed by atoms with van der Waals surface area (Å²) in [4.78, 5) is 14.1. The lowest BCUT2D eigenvalue weighted by Crippen LogP contribution is -2.46. The summed E-state index contributed by atoms with van der Waals surface area (Å²) in [6.07, 6.45) is 1.25. The maximum absolute atomic E-state index is 12.4. The molecule has 4 nitrogen and oxygen atoms in total. The summed E-state index contributed by atoms with van der Waals surface area (Å²) >= 11 is 0. The third kappa shape index (κ3) is 3.33. The highest BCUT2D eigenvalue weighted by atomic mass is 16.3. The van der Waals surface area contributed by atoms with Gasteiger partial charge in [-0.15, -0.1) is 0 Å². The fourth-order valence-corrected chi connectivity index (χ4v) is 2.56. The summed E-state index contributed by atoms with van der Waals surface area (Å²) in [7, 11) is 0. The number of amides is 1. The molecule has 0 radical (unpaired) electrons. The van der Waals surface area contributed by atoms with E-state index in [0.717, 1.165) is 24.9 Å². The lowest BCUT2D eigenvalue weighted by Gasteiger charge is -2.33. The van der Waals surface area contributed by atoms with E-state index in [0.29, 0.717) is 6.54 Å². The molecule has 3 N–H and O–H groups in total. The Labute approximate surface area is 114 Å². The molecule has 2 unspecified atom stereocenters. The van der Waals surface area contributed by atoms with E-state index in [2.05, 4.69) is 0 Å². The summed E-state index contributed by atoms with van der Waals surface area (Å²) in [6.45, 7) is 3.02. The third-order valence-electron chi connectivity index (χ3n) is 3.82. The maximum Gasteiger partial charge on any atom is 0.227 e. The van der Waals surface area contributed by atoms with E-state index in [4.69, 9.17) is 5.73 Å². The normalized spacial score (nSPS) is 22.9. The van der Waals surface area contributed by atoms with E-state index >= 15 is 0 Å². The summed E-state index contributed by atoms with van der Waals surface area (Å²) in [6, 6.07) is 9.38. The highest BCUT2D eigenvalue weighted by Crippen LogP contribution is 2.22. The average molecular weight is 262 g/mol. The number of benzene rings is 1. The molecular formula is C15H22N2O2. The van der Waals surface area contributed by atoms with Crippen LogP contribution in [0.3, 0.4) is 0 Å². The Kier molecular flexibility index (Phi) is 4.56. The largest absolute Gasteiger partial charge is 0.391 e. The number of hydrogen-bond donors (Lipinski definition) is 2. The molecule has 1 aromatic rings. The molecule has 3 atom stereocenters. The fraction of sp³-hybridized carbons (Fsp3) is 0.533. The van der Waals surface area contributed by atoms with Gasteiger partial charge in [-0.05, 0) is 18.4 Å². The topological polar surface area (TPSA) is 66.6 Å². The molecule has 1 aliphatic heterocycles. The number of piperidine rings is 1. The predicted molar refractivity (Wildman–Crippen MR) is 74.4 cm³/mol. The SMILES string of the molecule is CC(C(=O)N1CCC[C@H](O)C1)C(N)c1ccccc1. The van der Waals surface area contributed by atoms with Crippen molar-refractivity contribution in [2.75, 3.05) is 13.1 Å². The summed E-state index contributed by atoms with van der Waals surface area (Å²) in [5.41, 5.74) is 7.14. The van der Waals surface area contributed by atoms with Crippen molar-refractivity contribution in [3.63, 3.8) is 0 Å². The van der Waals surface area contributed by atoms with Gasteiger partial charge in [-0.2, -0.15) is 0 Å². The van der Waals surface area contributed by atoms with Crippen LogP contribution in [-0.4, -0.2) is 35.1 Å². The lowest BCUT2D eigenvalue weighted by molar-refractivity contribution is -0.138. The zero-order chi connectivity index (χ0) is 13.8. The summed E-state index contributed by atoms with van der Waals surface area (Å²) in [5.74, 6) is -0.234. The Bertz CT molecular complexity index is 421. The highest BCUT2D eigenvalue weighted by Gasteiger charge is 2.29. The van der Waals surface area contributed by atoms with E-state index in [1.807, 2.05) is 37.3 Å². The molecule has 0 saturated carbocycles. The number of carbonyl (C=O) groups is 1. The molecule has 0 aliphatic carbocycles. The van der Waals surface area contributed by atoms with E-state index in [9.17, 15) is 9.90 Å². The van der Waals surface area contributed by atoms with E-state index < -0.39 is 6.10 Å². The Morgan fingerprint density at radius 2 is 2.11 bits per heavy atom. The number of aliphatic hydroxyl groups excluding tert-OH is 1. The van der Waals surface area contributed by atoms with Crippen LogP contribution < -0.4 is 5.73 Å². The molecule has 1 aromatic carbocycles. The van der Waals surface area contributed by atoms with Crippen LogP contribution in [-0.2, 0) is 4.79 Å². The van der Waals surface area contributed by atoms with Crippen LogP contribution in [0.2, 0.25) is 0 Å². The predicted octanol–water partition coefficient (Wildman–Crippen LogP) is 1.31. The van der Waals surface area contributed by atoms with Gasteiger partial charge < -0.3 is 15.7 Å². The highest BCUT2D eigenvalue weighted by molar-refractivity contribution is 5.79. The van der Waals surface area contributed by atoms with Gasteiger partial charge in [0.25, 0.3) is 0 Å². The Morgan fingerprint density at radius 3 is 2.74 bits per heavy atom. The third-order valence-corrected chi connectivity index (χ3v) is 3.82. The Balaban J connectivity index is 2.02. The number of β-amino-alcohol motifs (C(OH)–C–C–N with tert-alkyl or cyclic N) is 1. The smallest absolute Gasteiger partial charge is 0.227 e. The van der Waals surface area contributed by atoms with Gasteiger partial charge in [-0.3, -0.25) is 4.79 Å². The molecule has 1 aliphatic rings. The number of likely N-dealkylation sites (tertiary alicyclic amines) is 1. The van der Waals surface area contributed by atoms with Gasteiger partial charge in [-0.25, -0.2) is 0 Å². The second-order valence-corrected chi connectivity index (χ2v) is 5.31. The summed E-state index contributed by atoms with van der Waals surface area (Å²) in [5, 5.41) is 9.64. The van der Waals surface area contributed by atoms with Crippen molar-refractivity contribution in [1.82, 2.24) is 4.90 Å². The van der Waals surface area contributed by atoms with Gasteiger partial charge in [0.2, 0.25) is 5.91 Å². The minimum absolute atomic E-state index is 0.0371. The number of nitrogens with two attached hydrogens (primary N) is 1. The van der Waals surface area contributed by atoms with Crippen molar-refractivity contribution in [3.05, 3.63) is 35.9 Å². The lowest BCUT2D eigenvalue weighted by atomic mass is 9.93. The molecule has 0 spiro atoms. The minimum Gasteiger partial charge on any atom is -0.391 e. The van der Waals surface area contributed by atoms with Gasteiger partial charge in [0.05, 0.1) is 12.0 Å². The van der Waals surface area contributed by atoms with Crippen molar-refractivity contribution < 1.29 is 9.90 Å². The molecule has 0 aromatic heterocycles. The number of aliphatic hydroxyl groups is 1. The first kappa shape index (κ1) is 14.0. The number of rotatable bonds is 3. The van der Waals surface area contributed by atoms with E-state index in [-0.39, 0.29) is 17.9 Å². The second-order valence-electron chi connectivity index (χ2n) is 5.31. The molecule has 1 amide bonds. The van der Waals surface area contributed by atoms with Crippen molar-refractivity contribution in [1.29, 1.82) is 0 Å². The monoisotopic (exact) mass is 262 g/mol. The van der Waals surface area contributed by atoms with Crippen LogP contribution in [0.1, 0.15) is 31.4 Å². The number of nitrogens with zero attached hydrogens (tertiary/aromatic N) is 1. The van der Waals surface area contributed by atoms with Crippen LogP contribution in [0.25, 0.3) is 0 Å². The van der Waals surface area contributed by atoms with Gasteiger partial charge in [0.1, 0.15) is 0 Å². The van der Waals surface area contributed by atoms with Crippen LogP contribution in [0, 0.1) is 5.92 Å². The molecule has 0 bridgehead atoms. The molecule has 104 valence electrons. The van der Waals surface area contributed by atoms with Crippen molar-refractivity contribution in [3.8, 4) is 0 Å². The molecule has 1 heterocycles. The second kappa shape index (κ2) is 6.17. The molecule has 1 fully saturated rings. The molecular weight excluding hydrogens is 240 g/mol. The van der Waals surface area contributed by atoms with Crippen LogP contribution in [0.15, 0.2) is 30.3 Å². The molecule has 1 saturated heterocycles. The van der Waals surface area contributed by atoms with Crippen molar-refractivity contribution in [2.24, 2.45) is 11.7 Å². The first-order valence-corrected chi connectivity index (χ1v) is 6.87.